The lowest BCUT2D eigenvalue weighted by Crippen LogP contribution is -2.22. The minimum absolute atomic E-state index is 0.0843. The molecule has 3 heterocycles. The molecule has 1 N–H and O–H groups in total. The zero-order chi connectivity index (χ0) is 22.8. The van der Waals surface area contributed by atoms with E-state index in [1.165, 1.54) is 30.0 Å². The molecule has 0 fully saturated rings. The van der Waals surface area contributed by atoms with Gasteiger partial charge < -0.3 is 9.88 Å². The number of carbonyl (C=O) groups is 1. The summed E-state index contributed by atoms with van der Waals surface area (Å²) in [5.74, 6) is -0.0278. The predicted molar refractivity (Wildman–Crippen MR) is 120 cm³/mol. The predicted octanol–water partition coefficient (Wildman–Crippen LogP) is 2.90. The number of nitrogens with one attached hydrogen (secondary N) is 1. The molecule has 0 saturated carbocycles. The Balaban J connectivity index is 1.49. The molecule has 164 valence electrons. The summed E-state index contributed by atoms with van der Waals surface area (Å²) in [6.45, 7) is 3.72. The molecule has 0 unspecified atom stereocenters. The third-order valence-corrected chi connectivity index (χ3v) is 5.99. The number of amides is 1. The molecule has 8 nitrogen and oxygen atoms in total. The summed E-state index contributed by atoms with van der Waals surface area (Å²) in [7, 11) is 1.79. The van der Waals surface area contributed by atoms with Crippen LogP contribution in [0.25, 0.3) is 5.65 Å². The van der Waals surface area contributed by atoms with E-state index in [2.05, 4.69) is 20.5 Å². The van der Waals surface area contributed by atoms with Gasteiger partial charge in [-0.1, -0.05) is 23.9 Å². The number of carbonyl (C=O) groups excluding carboxylic acids is 1. The second-order valence-electron chi connectivity index (χ2n) is 7.40. The molecular formula is C22H21FN6O2S. The average molecular weight is 453 g/mol. The first-order valence-electron chi connectivity index (χ1n) is 9.87. The van der Waals surface area contributed by atoms with Gasteiger partial charge in [-0.3, -0.25) is 14.0 Å². The van der Waals surface area contributed by atoms with Crippen LogP contribution in [0.3, 0.4) is 0 Å². The molecule has 1 amide bonds. The van der Waals surface area contributed by atoms with Crippen molar-refractivity contribution in [3.05, 3.63) is 81.4 Å². The van der Waals surface area contributed by atoms with Gasteiger partial charge in [0.1, 0.15) is 17.3 Å². The van der Waals surface area contributed by atoms with Crippen molar-refractivity contribution in [2.45, 2.75) is 25.4 Å². The molecule has 0 radical (unpaired) electrons. The van der Waals surface area contributed by atoms with Crippen molar-refractivity contribution in [1.29, 1.82) is 0 Å². The summed E-state index contributed by atoms with van der Waals surface area (Å²) in [6, 6.07) is 9.44. The van der Waals surface area contributed by atoms with E-state index in [1.54, 1.807) is 35.2 Å². The van der Waals surface area contributed by atoms with Gasteiger partial charge in [0.05, 0.1) is 5.75 Å². The van der Waals surface area contributed by atoms with E-state index in [9.17, 15) is 14.0 Å². The first kappa shape index (κ1) is 21.7. The molecule has 1 aromatic carbocycles. The van der Waals surface area contributed by atoms with Crippen LogP contribution in [0.1, 0.15) is 22.6 Å². The highest BCUT2D eigenvalue weighted by Crippen LogP contribution is 2.18. The standard InChI is InChI=1S/C22H21FN6O2S/c1-13-7-8-18-24-14(2)17(21(31)29(18)11-13)10-19-26-27-22(28(19)3)32-12-20(30)25-16-6-4-5-15(23)9-16/h4-9,11H,10,12H2,1-3H3,(H,25,30). The summed E-state index contributed by atoms with van der Waals surface area (Å²) in [6.07, 6.45) is 2.04. The number of hydrogen-bond donors (Lipinski definition) is 1. The number of aryl methyl sites for hydroxylation is 2. The molecule has 4 aromatic rings. The third-order valence-electron chi connectivity index (χ3n) is 4.97. The van der Waals surface area contributed by atoms with Crippen LogP contribution >= 0.6 is 11.8 Å². The van der Waals surface area contributed by atoms with E-state index < -0.39 is 5.82 Å². The molecular weight excluding hydrogens is 431 g/mol. The molecule has 0 atom stereocenters. The summed E-state index contributed by atoms with van der Waals surface area (Å²) < 4.78 is 16.6. The molecule has 0 aliphatic heterocycles. The number of pyridine rings is 1. The summed E-state index contributed by atoms with van der Waals surface area (Å²) in [5.41, 5.74) is 3.01. The number of nitrogens with zero attached hydrogens (tertiary/aromatic N) is 5. The number of thioether (sulfide) groups is 1. The Hall–Kier alpha value is -3.53. The smallest absolute Gasteiger partial charge is 0.261 e. The van der Waals surface area contributed by atoms with E-state index in [0.717, 1.165) is 5.56 Å². The minimum atomic E-state index is -0.419. The Morgan fingerprint density at radius 3 is 2.78 bits per heavy atom. The maximum Gasteiger partial charge on any atom is 0.261 e. The molecule has 0 aliphatic carbocycles. The number of rotatable bonds is 6. The van der Waals surface area contributed by atoms with E-state index in [4.69, 9.17) is 0 Å². The highest BCUT2D eigenvalue weighted by molar-refractivity contribution is 7.99. The Kier molecular flexibility index (Phi) is 6.04. The molecule has 4 rings (SSSR count). The number of benzene rings is 1. The number of anilines is 1. The highest BCUT2D eigenvalue weighted by Gasteiger charge is 2.16. The van der Waals surface area contributed by atoms with Crippen molar-refractivity contribution >= 4 is 29.0 Å². The van der Waals surface area contributed by atoms with Crippen molar-refractivity contribution in [2.24, 2.45) is 7.05 Å². The van der Waals surface area contributed by atoms with E-state index in [-0.39, 0.29) is 23.6 Å². The number of fused-ring (bicyclic) bond motifs is 1. The van der Waals surface area contributed by atoms with Crippen LogP contribution in [0.4, 0.5) is 10.1 Å². The monoisotopic (exact) mass is 452 g/mol. The Morgan fingerprint density at radius 2 is 2.00 bits per heavy atom. The number of aromatic nitrogens is 5. The second-order valence-corrected chi connectivity index (χ2v) is 8.34. The Labute approximate surface area is 187 Å². The maximum atomic E-state index is 13.3. The van der Waals surface area contributed by atoms with Crippen LogP contribution in [0.2, 0.25) is 0 Å². The third kappa shape index (κ3) is 4.54. The zero-order valence-corrected chi connectivity index (χ0v) is 18.6. The molecule has 3 aromatic heterocycles. The fraction of sp³-hybridized carbons (Fsp3) is 0.227. The lowest BCUT2D eigenvalue weighted by Gasteiger charge is -2.09. The first-order valence-corrected chi connectivity index (χ1v) is 10.9. The quantitative estimate of drug-likeness (QED) is 0.452. The normalized spacial score (nSPS) is 11.1. The largest absolute Gasteiger partial charge is 0.325 e. The van der Waals surface area contributed by atoms with Crippen LogP contribution in [0.5, 0.6) is 0 Å². The number of hydrogen-bond acceptors (Lipinski definition) is 6. The van der Waals surface area contributed by atoms with Gasteiger partial charge in [-0.25, -0.2) is 9.37 Å². The Morgan fingerprint density at radius 1 is 1.19 bits per heavy atom. The molecule has 0 saturated heterocycles. The minimum Gasteiger partial charge on any atom is -0.325 e. The fourth-order valence-corrected chi connectivity index (χ4v) is 4.00. The van der Waals surface area contributed by atoms with Gasteiger partial charge in [0.2, 0.25) is 5.91 Å². The van der Waals surface area contributed by atoms with Gasteiger partial charge >= 0.3 is 0 Å². The van der Waals surface area contributed by atoms with Gasteiger partial charge in [0.15, 0.2) is 5.16 Å². The second kappa shape index (κ2) is 8.91. The summed E-state index contributed by atoms with van der Waals surface area (Å²) >= 11 is 1.21. The van der Waals surface area contributed by atoms with Crippen LogP contribution < -0.4 is 10.9 Å². The topological polar surface area (TPSA) is 94.2 Å². The van der Waals surface area contributed by atoms with Gasteiger partial charge in [0, 0.05) is 36.6 Å². The van der Waals surface area contributed by atoms with Crippen molar-refractivity contribution in [3.8, 4) is 0 Å². The molecule has 10 heteroatoms. The van der Waals surface area contributed by atoms with Crippen LogP contribution in [0.15, 0.2) is 52.5 Å². The van der Waals surface area contributed by atoms with Crippen LogP contribution in [0, 0.1) is 19.7 Å². The SMILES string of the molecule is Cc1ccc2nc(C)c(Cc3nnc(SCC(=O)Nc4cccc(F)c4)n3C)c(=O)n2c1. The number of halogens is 1. The fourth-order valence-electron chi connectivity index (χ4n) is 3.27. The van der Waals surface area contributed by atoms with Crippen LogP contribution in [-0.4, -0.2) is 35.8 Å². The van der Waals surface area contributed by atoms with E-state index in [1.807, 2.05) is 19.1 Å². The first-order chi connectivity index (χ1) is 15.3. The Bertz CT molecular complexity index is 1380. The van der Waals surface area contributed by atoms with Gasteiger partial charge in [-0.05, 0) is 43.7 Å². The van der Waals surface area contributed by atoms with Gasteiger partial charge in [0.25, 0.3) is 5.56 Å². The average Bonchev–Trinajstić information content (AvgIpc) is 3.09. The van der Waals surface area contributed by atoms with Crippen molar-refractivity contribution < 1.29 is 9.18 Å². The van der Waals surface area contributed by atoms with Crippen LogP contribution in [-0.2, 0) is 18.3 Å². The highest BCUT2D eigenvalue weighted by atomic mass is 32.2. The van der Waals surface area contributed by atoms with Crippen molar-refractivity contribution in [1.82, 2.24) is 24.1 Å². The zero-order valence-electron chi connectivity index (χ0n) is 17.8. The maximum absolute atomic E-state index is 13.3. The van der Waals surface area contributed by atoms with Crippen molar-refractivity contribution in [3.63, 3.8) is 0 Å². The lowest BCUT2D eigenvalue weighted by atomic mass is 10.1. The van der Waals surface area contributed by atoms with E-state index >= 15 is 0 Å². The van der Waals surface area contributed by atoms with E-state index in [0.29, 0.717) is 33.6 Å². The molecule has 0 aliphatic rings. The van der Waals surface area contributed by atoms with Gasteiger partial charge in [-0.15, -0.1) is 10.2 Å². The summed E-state index contributed by atoms with van der Waals surface area (Å²) in [4.78, 5) is 29.7. The summed E-state index contributed by atoms with van der Waals surface area (Å²) in [5, 5.41) is 11.5. The molecule has 32 heavy (non-hydrogen) atoms. The molecule has 0 spiro atoms. The lowest BCUT2D eigenvalue weighted by molar-refractivity contribution is -0.113. The van der Waals surface area contributed by atoms with Gasteiger partial charge in [-0.2, -0.15) is 0 Å². The molecule has 0 bridgehead atoms. The van der Waals surface area contributed by atoms with Crippen molar-refractivity contribution in [2.75, 3.05) is 11.1 Å².